The maximum Gasteiger partial charge on any atom is 0.269 e. The molecule has 0 amide bonds. The average molecular weight is 276 g/mol. The number of piperidine rings is 1. The quantitative estimate of drug-likeness (QED) is 0.823. The highest BCUT2D eigenvalue weighted by atomic mass is 16.1. The van der Waals surface area contributed by atoms with Crippen molar-refractivity contribution in [3.63, 3.8) is 0 Å². The van der Waals surface area contributed by atoms with Gasteiger partial charge < -0.3 is 10.2 Å². The van der Waals surface area contributed by atoms with Crippen LogP contribution in [0.15, 0.2) is 29.2 Å². The lowest BCUT2D eigenvalue weighted by molar-refractivity contribution is 0.437. The second-order valence-electron chi connectivity index (χ2n) is 5.66. The lowest BCUT2D eigenvalue weighted by Gasteiger charge is -2.31. The van der Waals surface area contributed by atoms with Crippen molar-refractivity contribution in [2.75, 3.05) is 31.6 Å². The number of anilines is 1. The number of nitrogens with one attached hydrogen (secondary N) is 1. The van der Waals surface area contributed by atoms with E-state index in [1.807, 2.05) is 7.05 Å². The van der Waals surface area contributed by atoms with E-state index in [-0.39, 0.29) is 5.56 Å². The molecule has 0 aromatic carbocycles. The largest absolute Gasteiger partial charge is 0.370 e. The second-order valence-corrected chi connectivity index (χ2v) is 5.66. The van der Waals surface area contributed by atoms with Gasteiger partial charge in [0.1, 0.15) is 0 Å². The molecule has 5 heteroatoms. The van der Waals surface area contributed by atoms with E-state index >= 15 is 0 Å². The monoisotopic (exact) mass is 276 g/mol. The second kappa shape index (κ2) is 6.70. The lowest BCUT2D eigenvalue weighted by Crippen LogP contribution is -2.34. The molecule has 0 aliphatic carbocycles. The Morgan fingerprint density at radius 3 is 2.80 bits per heavy atom. The fraction of sp³-hybridized carbons (Fsp3) is 0.600. The molecular formula is C15H24N4O. The average Bonchev–Trinajstić information content (AvgIpc) is 2.42. The topological polar surface area (TPSA) is 50.2 Å². The normalized spacial score (nSPS) is 16.4. The summed E-state index contributed by atoms with van der Waals surface area (Å²) < 4.78 is 1.47. The summed E-state index contributed by atoms with van der Waals surface area (Å²) in [4.78, 5) is 14.4. The smallest absolute Gasteiger partial charge is 0.269 e. The van der Waals surface area contributed by atoms with E-state index in [1.54, 1.807) is 12.3 Å². The van der Waals surface area contributed by atoms with Crippen LogP contribution < -0.4 is 15.8 Å². The molecule has 1 aromatic heterocycles. The Hall–Kier alpha value is -1.62. The Labute approximate surface area is 120 Å². The van der Waals surface area contributed by atoms with Gasteiger partial charge in [0, 0.05) is 25.7 Å². The van der Waals surface area contributed by atoms with E-state index in [1.165, 1.54) is 17.5 Å². The molecule has 1 aliphatic heterocycles. The third-order valence-electron chi connectivity index (χ3n) is 3.80. The van der Waals surface area contributed by atoms with Crippen LogP contribution in [0.2, 0.25) is 0 Å². The molecule has 2 heterocycles. The first-order valence-electron chi connectivity index (χ1n) is 7.23. The summed E-state index contributed by atoms with van der Waals surface area (Å²) in [6.07, 6.45) is 4.16. The Balaban J connectivity index is 2.06. The van der Waals surface area contributed by atoms with Gasteiger partial charge in [0.15, 0.2) is 0 Å². The van der Waals surface area contributed by atoms with Crippen LogP contribution in [0.1, 0.15) is 19.8 Å². The van der Waals surface area contributed by atoms with Gasteiger partial charge in [0.2, 0.25) is 0 Å². The van der Waals surface area contributed by atoms with Gasteiger partial charge in [-0.1, -0.05) is 13.5 Å². The molecular weight excluding hydrogens is 252 g/mol. The van der Waals surface area contributed by atoms with E-state index in [0.717, 1.165) is 30.3 Å². The number of hydrogen-bond acceptors (Lipinski definition) is 4. The van der Waals surface area contributed by atoms with Gasteiger partial charge in [-0.05, 0) is 31.4 Å². The molecule has 1 N–H and O–H groups in total. The number of aromatic nitrogens is 2. The third kappa shape index (κ3) is 3.70. The van der Waals surface area contributed by atoms with Crippen LogP contribution in [0.25, 0.3) is 0 Å². The van der Waals surface area contributed by atoms with Crippen LogP contribution in [-0.4, -0.2) is 36.5 Å². The van der Waals surface area contributed by atoms with Crippen LogP contribution in [0.3, 0.4) is 0 Å². The Kier molecular flexibility index (Phi) is 4.95. The number of nitrogens with zero attached hydrogens (tertiary/aromatic N) is 3. The van der Waals surface area contributed by atoms with Crippen molar-refractivity contribution in [1.29, 1.82) is 0 Å². The zero-order valence-corrected chi connectivity index (χ0v) is 12.4. The molecule has 1 aliphatic rings. The molecule has 2 rings (SSSR count). The third-order valence-corrected chi connectivity index (χ3v) is 3.80. The molecule has 0 radical (unpaired) electrons. The number of rotatable bonds is 5. The van der Waals surface area contributed by atoms with Crippen LogP contribution in [0, 0.1) is 5.92 Å². The Morgan fingerprint density at radius 2 is 2.20 bits per heavy atom. The molecule has 0 spiro atoms. The highest BCUT2D eigenvalue weighted by molar-refractivity contribution is 5.43. The summed E-state index contributed by atoms with van der Waals surface area (Å²) >= 11 is 0. The van der Waals surface area contributed by atoms with Gasteiger partial charge in [0.25, 0.3) is 5.56 Å². The fourth-order valence-corrected chi connectivity index (χ4v) is 2.50. The Bertz CT molecular complexity index is 515. The van der Waals surface area contributed by atoms with Gasteiger partial charge in [0.05, 0.1) is 18.4 Å². The maximum absolute atomic E-state index is 12.1. The molecule has 0 unspecified atom stereocenters. The number of likely N-dealkylation sites (N-methyl/N-ethyl adjacent to an activating group) is 1. The van der Waals surface area contributed by atoms with Gasteiger partial charge in [-0.25, -0.2) is 4.68 Å². The van der Waals surface area contributed by atoms with Gasteiger partial charge in [-0.3, -0.25) is 4.79 Å². The van der Waals surface area contributed by atoms with E-state index in [0.29, 0.717) is 13.1 Å². The van der Waals surface area contributed by atoms with Crippen molar-refractivity contribution >= 4 is 5.69 Å². The van der Waals surface area contributed by atoms with Gasteiger partial charge in [-0.2, -0.15) is 5.10 Å². The van der Waals surface area contributed by atoms with Crippen molar-refractivity contribution in [2.24, 2.45) is 5.92 Å². The minimum absolute atomic E-state index is 0.0571. The van der Waals surface area contributed by atoms with E-state index < -0.39 is 0 Å². The molecule has 20 heavy (non-hydrogen) atoms. The highest BCUT2D eigenvalue weighted by Gasteiger charge is 2.16. The summed E-state index contributed by atoms with van der Waals surface area (Å²) in [7, 11) is 1.86. The van der Waals surface area contributed by atoms with Crippen molar-refractivity contribution in [3.8, 4) is 0 Å². The molecule has 5 nitrogen and oxygen atoms in total. The van der Waals surface area contributed by atoms with Crippen molar-refractivity contribution in [1.82, 2.24) is 15.1 Å². The summed E-state index contributed by atoms with van der Waals surface area (Å²) in [5.41, 5.74) is 1.83. The summed E-state index contributed by atoms with van der Waals surface area (Å²) in [6, 6.07) is 1.69. The summed E-state index contributed by atoms with van der Waals surface area (Å²) in [6.45, 7) is 9.40. The van der Waals surface area contributed by atoms with Crippen LogP contribution in [0.4, 0.5) is 5.69 Å². The van der Waals surface area contributed by atoms with E-state index in [4.69, 9.17) is 0 Å². The zero-order valence-electron chi connectivity index (χ0n) is 12.4. The molecule has 1 saturated heterocycles. The van der Waals surface area contributed by atoms with E-state index in [2.05, 4.69) is 28.8 Å². The maximum atomic E-state index is 12.1. The molecule has 0 saturated carbocycles. The first-order valence-corrected chi connectivity index (χ1v) is 7.23. The Morgan fingerprint density at radius 1 is 1.50 bits per heavy atom. The van der Waals surface area contributed by atoms with Crippen LogP contribution >= 0.6 is 0 Å². The molecule has 0 bridgehead atoms. The first kappa shape index (κ1) is 14.8. The fourth-order valence-electron chi connectivity index (χ4n) is 2.50. The predicted octanol–water partition coefficient (Wildman–Crippen LogP) is 1.26. The predicted molar refractivity (Wildman–Crippen MR) is 82.2 cm³/mol. The SMILES string of the molecule is C=C(CNC)Cn1ncc(N2CCC(C)CC2)cc1=O. The zero-order chi connectivity index (χ0) is 14.5. The summed E-state index contributed by atoms with van der Waals surface area (Å²) in [5, 5.41) is 7.29. The molecule has 110 valence electrons. The molecule has 1 fully saturated rings. The molecule has 1 aromatic rings. The molecule has 0 atom stereocenters. The van der Waals surface area contributed by atoms with Crippen molar-refractivity contribution < 1.29 is 0 Å². The number of hydrogen-bond donors (Lipinski definition) is 1. The highest BCUT2D eigenvalue weighted by Crippen LogP contribution is 2.20. The van der Waals surface area contributed by atoms with Crippen molar-refractivity contribution in [2.45, 2.75) is 26.3 Å². The first-order chi connectivity index (χ1) is 9.60. The minimum Gasteiger partial charge on any atom is -0.370 e. The van der Waals surface area contributed by atoms with Gasteiger partial charge in [-0.15, -0.1) is 0 Å². The van der Waals surface area contributed by atoms with Crippen LogP contribution in [0.5, 0.6) is 0 Å². The van der Waals surface area contributed by atoms with Gasteiger partial charge >= 0.3 is 0 Å². The lowest BCUT2D eigenvalue weighted by atomic mass is 9.99. The standard InChI is InChI=1S/C15H24N4O/c1-12-4-6-18(7-5-12)14-8-15(20)19(17-10-14)11-13(2)9-16-3/h8,10,12,16H,2,4-7,9,11H2,1,3H3. The van der Waals surface area contributed by atoms with Crippen LogP contribution in [-0.2, 0) is 6.54 Å². The van der Waals surface area contributed by atoms with Crippen molar-refractivity contribution in [3.05, 3.63) is 34.8 Å². The summed E-state index contributed by atoms with van der Waals surface area (Å²) in [5.74, 6) is 0.782. The van der Waals surface area contributed by atoms with E-state index in [9.17, 15) is 4.79 Å². The minimum atomic E-state index is -0.0571.